The van der Waals surface area contributed by atoms with E-state index in [2.05, 4.69) is 12.2 Å². The summed E-state index contributed by atoms with van der Waals surface area (Å²) in [6.45, 7) is 3.26. The number of likely N-dealkylation sites (tertiary alicyclic amines) is 1. The molecular formula is C14H18F2N2O. The van der Waals surface area contributed by atoms with Gasteiger partial charge < -0.3 is 10.2 Å². The topological polar surface area (TPSA) is 32.3 Å². The number of piperidine rings is 1. The van der Waals surface area contributed by atoms with Gasteiger partial charge in [0.1, 0.15) is 11.6 Å². The van der Waals surface area contributed by atoms with Crippen LogP contribution in [-0.4, -0.2) is 36.5 Å². The van der Waals surface area contributed by atoms with Gasteiger partial charge in [-0.25, -0.2) is 8.78 Å². The minimum absolute atomic E-state index is 0.0259. The number of rotatable bonds is 2. The summed E-state index contributed by atoms with van der Waals surface area (Å²) in [5.41, 5.74) is -0.0348. The second-order valence-electron chi connectivity index (χ2n) is 5.23. The molecule has 0 saturated carbocycles. The SMILES string of the molecule is CNC1(C)CCN(C(=O)c2ccc(F)cc2F)CC1. The van der Waals surface area contributed by atoms with E-state index in [9.17, 15) is 13.6 Å². The van der Waals surface area contributed by atoms with E-state index in [4.69, 9.17) is 0 Å². The number of carbonyl (C=O) groups is 1. The standard InChI is InChI=1S/C14H18F2N2O/c1-14(17-2)5-7-18(8-6-14)13(19)11-4-3-10(15)9-12(11)16/h3-4,9,17H,5-8H2,1-2H3. The Hall–Kier alpha value is -1.49. The number of hydrogen-bond donors (Lipinski definition) is 1. The normalized spacial score (nSPS) is 18.4. The highest BCUT2D eigenvalue weighted by molar-refractivity contribution is 5.94. The summed E-state index contributed by atoms with van der Waals surface area (Å²) in [5, 5.41) is 3.24. The summed E-state index contributed by atoms with van der Waals surface area (Å²) in [7, 11) is 1.90. The molecule has 1 fully saturated rings. The largest absolute Gasteiger partial charge is 0.338 e. The fourth-order valence-corrected chi connectivity index (χ4v) is 2.29. The molecule has 1 saturated heterocycles. The molecule has 1 aromatic rings. The first-order valence-electron chi connectivity index (χ1n) is 6.38. The number of hydrogen-bond acceptors (Lipinski definition) is 2. The van der Waals surface area contributed by atoms with Gasteiger partial charge in [0.2, 0.25) is 0 Å². The van der Waals surface area contributed by atoms with E-state index in [1.165, 1.54) is 6.07 Å². The molecule has 0 aliphatic carbocycles. The minimum Gasteiger partial charge on any atom is -0.338 e. The molecular weight excluding hydrogens is 250 g/mol. The molecule has 104 valence electrons. The Balaban J connectivity index is 2.09. The lowest BCUT2D eigenvalue weighted by atomic mass is 9.89. The van der Waals surface area contributed by atoms with Crippen LogP contribution in [0.5, 0.6) is 0 Å². The van der Waals surface area contributed by atoms with Crippen LogP contribution in [0, 0.1) is 11.6 Å². The van der Waals surface area contributed by atoms with Gasteiger partial charge in [0.15, 0.2) is 0 Å². The van der Waals surface area contributed by atoms with Crippen LogP contribution in [0.2, 0.25) is 0 Å². The van der Waals surface area contributed by atoms with Gasteiger partial charge in [0.05, 0.1) is 5.56 Å². The Kier molecular flexibility index (Phi) is 3.85. The third kappa shape index (κ3) is 2.92. The molecule has 0 atom stereocenters. The van der Waals surface area contributed by atoms with Gasteiger partial charge in [-0.2, -0.15) is 0 Å². The van der Waals surface area contributed by atoms with Gasteiger partial charge in [-0.05, 0) is 38.9 Å². The molecule has 1 aromatic carbocycles. The number of amides is 1. The number of carbonyl (C=O) groups excluding carboxylic acids is 1. The first kappa shape index (κ1) is 13.9. The molecule has 1 amide bonds. The van der Waals surface area contributed by atoms with Crippen molar-refractivity contribution < 1.29 is 13.6 Å². The highest BCUT2D eigenvalue weighted by Crippen LogP contribution is 2.23. The highest BCUT2D eigenvalue weighted by Gasteiger charge is 2.31. The van der Waals surface area contributed by atoms with Crippen molar-refractivity contribution >= 4 is 5.91 Å². The maximum atomic E-state index is 13.6. The highest BCUT2D eigenvalue weighted by atomic mass is 19.1. The fraction of sp³-hybridized carbons (Fsp3) is 0.500. The van der Waals surface area contributed by atoms with E-state index in [0.717, 1.165) is 25.0 Å². The maximum absolute atomic E-state index is 13.6. The number of benzene rings is 1. The number of halogens is 2. The Labute approximate surface area is 111 Å². The van der Waals surface area contributed by atoms with Crippen LogP contribution in [0.15, 0.2) is 18.2 Å². The van der Waals surface area contributed by atoms with E-state index in [1.54, 1.807) is 4.90 Å². The monoisotopic (exact) mass is 268 g/mol. The molecule has 1 aliphatic rings. The van der Waals surface area contributed by atoms with Crippen LogP contribution >= 0.6 is 0 Å². The lowest BCUT2D eigenvalue weighted by Gasteiger charge is -2.39. The second kappa shape index (κ2) is 5.25. The van der Waals surface area contributed by atoms with Crippen LogP contribution in [0.25, 0.3) is 0 Å². The average molecular weight is 268 g/mol. The minimum atomic E-state index is -0.799. The molecule has 1 aliphatic heterocycles. The van der Waals surface area contributed by atoms with Gasteiger partial charge in [0.25, 0.3) is 5.91 Å². The maximum Gasteiger partial charge on any atom is 0.256 e. The van der Waals surface area contributed by atoms with Crippen LogP contribution in [-0.2, 0) is 0 Å². The predicted octanol–water partition coefficient (Wildman–Crippen LogP) is 2.18. The molecule has 0 bridgehead atoms. The summed E-state index contributed by atoms with van der Waals surface area (Å²) >= 11 is 0. The van der Waals surface area contributed by atoms with Gasteiger partial charge in [-0.1, -0.05) is 0 Å². The zero-order valence-electron chi connectivity index (χ0n) is 11.2. The Morgan fingerprint density at radius 1 is 1.32 bits per heavy atom. The van der Waals surface area contributed by atoms with E-state index in [0.29, 0.717) is 13.1 Å². The molecule has 1 heterocycles. The molecule has 0 unspecified atom stereocenters. The van der Waals surface area contributed by atoms with Crippen molar-refractivity contribution in [3.63, 3.8) is 0 Å². The van der Waals surface area contributed by atoms with Gasteiger partial charge in [0, 0.05) is 24.7 Å². The smallest absolute Gasteiger partial charge is 0.256 e. The second-order valence-corrected chi connectivity index (χ2v) is 5.23. The molecule has 3 nitrogen and oxygen atoms in total. The van der Waals surface area contributed by atoms with Crippen molar-refractivity contribution in [1.29, 1.82) is 0 Å². The number of nitrogens with one attached hydrogen (secondary N) is 1. The molecule has 5 heteroatoms. The third-order valence-electron chi connectivity index (χ3n) is 3.92. The van der Waals surface area contributed by atoms with E-state index in [-0.39, 0.29) is 17.0 Å². The fourth-order valence-electron chi connectivity index (χ4n) is 2.29. The molecule has 0 radical (unpaired) electrons. The van der Waals surface area contributed by atoms with E-state index < -0.39 is 11.6 Å². The zero-order chi connectivity index (χ0) is 14.0. The number of nitrogens with zero attached hydrogens (tertiary/aromatic N) is 1. The van der Waals surface area contributed by atoms with Crippen molar-refractivity contribution in [2.75, 3.05) is 20.1 Å². The van der Waals surface area contributed by atoms with Gasteiger partial charge >= 0.3 is 0 Å². The average Bonchev–Trinajstić information content (AvgIpc) is 2.39. The van der Waals surface area contributed by atoms with Gasteiger partial charge in [-0.15, -0.1) is 0 Å². The van der Waals surface area contributed by atoms with Crippen LogP contribution in [0.3, 0.4) is 0 Å². The van der Waals surface area contributed by atoms with E-state index in [1.807, 2.05) is 7.05 Å². The Morgan fingerprint density at radius 3 is 2.47 bits per heavy atom. The molecule has 2 rings (SSSR count). The summed E-state index contributed by atoms with van der Waals surface area (Å²) < 4.78 is 26.4. The molecule has 1 N–H and O–H groups in total. The van der Waals surface area contributed by atoms with Crippen molar-refractivity contribution in [2.24, 2.45) is 0 Å². The summed E-state index contributed by atoms with van der Waals surface area (Å²) in [4.78, 5) is 13.8. The van der Waals surface area contributed by atoms with Crippen LogP contribution in [0.4, 0.5) is 8.78 Å². The van der Waals surface area contributed by atoms with E-state index >= 15 is 0 Å². The van der Waals surface area contributed by atoms with Crippen molar-refractivity contribution in [3.8, 4) is 0 Å². The third-order valence-corrected chi connectivity index (χ3v) is 3.92. The van der Waals surface area contributed by atoms with Crippen molar-refractivity contribution in [3.05, 3.63) is 35.4 Å². The first-order chi connectivity index (χ1) is 8.95. The summed E-state index contributed by atoms with van der Waals surface area (Å²) in [5.74, 6) is -1.84. The van der Waals surface area contributed by atoms with Crippen LogP contribution < -0.4 is 5.32 Å². The molecule has 19 heavy (non-hydrogen) atoms. The Bertz CT molecular complexity index is 482. The predicted molar refractivity (Wildman–Crippen MR) is 69.0 cm³/mol. The van der Waals surface area contributed by atoms with Crippen LogP contribution in [0.1, 0.15) is 30.1 Å². The summed E-state index contributed by atoms with van der Waals surface area (Å²) in [6.07, 6.45) is 1.64. The summed E-state index contributed by atoms with van der Waals surface area (Å²) in [6, 6.07) is 3.06. The zero-order valence-corrected chi connectivity index (χ0v) is 11.2. The molecule has 0 spiro atoms. The lowest BCUT2D eigenvalue weighted by Crippen LogP contribution is -2.51. The van der Waals surface area contributed by atoms with Gasteiger partial charge in [-0.3, -0.25) is 4.79 Å². The lowest BCUT2D eigenvalue weighted by molar-refractivity contribution is 0.0657. The Morgan fingerprint density at radius 2 is 1.95 bits per heavy atom. The first-order valence-corrected chi connectivity index (χ1v) is 6.38. The van der Waals surface area contributed by atoms with Crippen molar-refractivity contribution in [1.82, 2.24) is 10.2 Å². The quantitative estimate of drug-likeness (QED) is 0.891. The molecule has 0 aromatic heterocycles. The van der Waals surface area contributed by atoms with Crippen molar-refractivity contribution in [2.45, 2.75) is 25.3 Å².